The van der Waals surface area contributed by atoms with Crippen LogP contribution in [0.5, 0.6) is 0 Å². The molecule has 0 radical (unpaired) electrons. The maximum absolute atomic E-state index is 14.9. The molecule has 13 heteroatoms. The van der Waals surface area contributed by atoms with E-state index in [1.807, 2.05) is 0 Å². The van der Waals surface area contributed by atoms with E-state index in [2.05, 4.69) is 20.0 Å². The molecule has 0 bridgehead atoms. The van der Waals surface area contributed by atoms with Gasteiger partial charge in [0.15, 0.2) is 5.54 Å². The Bertz CT molecular complexity index is 1050. The molecule has 1 aromatic carbocycles. The first-order chi connectivity index (χ1) is 15.8. The van der Waals surface area contributed by atoms with Crippen molar-refractivity contribution in [2.45, 2.75) is 56.4 Å². The van der Waals surface area contributed by atoms with E-state index in [4.69, 9.17) is 11.6 Å². The first-order valence-electron chi connectivity index (χ1n) is 10.0. The Hall–Kier alpha value is -2.86. The van der Waals surface area contributed by atoms with Crippen LogP contribution in [0.25, 0.3) is 0 Å². The minimum absolute atomic E-state index is 0.0134. The van der Waals surface area contributed by atoms with E-state index in [1.165, 1.54) is 31.5 Å². The number of amides is 2. The fourth-order valence-corrected chi connectivity index (χ4v) is 3.78. The van der Waals surface area contributed by atoms with Gasteiger partial charge in [-0.1, -0.05) is 17.7 Å². The normalized spacial score (nSPS) is 20.6. The van der Waals surface area contributed by atoms with E-state index < -0.39 is 53.0 Å². The Balaban J connectivity index is 2.01. The van der Waals surface area contributed by atoms with Gasteiger partial charge in [0, 0.05) is 24.0 Å². The molecule has 184 valence electrons. The summed E-state index contributed by atoms with van der Waals surface area (Å²) in [5.41, 5.74) is -4.71. The lowest BCUT2D eigenvalue weighted by molar-refractivity contribution is -0.351. The summed E-state index contributed by atoms with van der Waals surface area (Å²) in [6.45, 7) is 2.80. The van der Waals surface area contributed by atoms with Crippen molar-refractivity contribution in [1.82, 2.24) is 15.3 Å². The molecule has 0 spiro atoms. The third-order valence-electron chi connectivity index (χ3n) is 5.49. The Morgan fingerprint density at radius 2 is 1.85 bits per heavy atom. The van der Waals surface area contributed by atoms with E-state index in [0.717, 1.165) is 12.4 Å². The van der Waals surface area contributed by atoms with Crippen LogP contribution >= 0.6 is 11.6 Å². The lowest BCUT2D eigenvalue weighted by atomic mass is 9.85. The van der Waals surface area contributed by atoms with Gasteiger partial charge >= 0.3 is 6.36 Å². The number of nitrogens with zero attached hydrogens (tertiary/aromatic N) is 3. The lowest BCUT2D eigenvalue weighted by Crippen LogP contribution is -2.62. The number of halogens is 6. The van der Waals surface area contributed by atoms with E-state index in [1.54, 1.807) is 6.92 Å². The first-order valence-corrected chi connectivity index (χ1v) is 10.5. The van der Waals surface area contributed by atoms with Gasteiger partial charge in [-0.3, -0.25) is 19.2 Å². The highest BCUT2D eigenvalue weighted by Crippen LogP contribution is 2.37. The molecule has 1 aliphatic carbocycles. The van der Waals surface area contributed by atoms with Crippen LogP contribution in [-0.4, -0.2) is 45.9 Å². The molecule has 0 aliphatic heterocycles. The van der Waals surface area contributed by atoms with Gasteiger partial charge in [0.2, 0.25) is 0 Å². The number of benzene rings is 1. The largest absolute Gasteiger partial charge is 0.522 e. The van der Waals surface area contributed by atoms with Gasteiger partial charge in [-0.15, -0.1) is 13.2 Å². The number of hydrogen-bond donors (Lipinski definition) is 1. The second kappa shape index (κ2) is 9.79. The van der Waals surface area contributed by atoms with Gasteiger partial charge in [-0.05, 0) is 44.4 Å². The first kappa shape index (κ1) is 25.8. The molecule has 7 nitrogen and oxygen atoms in total. The average Bonchev–Trinajstić information content (AvgIpc) is 2.73. The Kier molecular flexibility index (Phi) is 7.41. The molecular formula is C21H20ClF5N4O3. The van der Waals surface area contributed by atoms with E-state index >= 15 is 0 Å². The second-order valence-corrected chi connectivity index (χ2v) is 8.34. The number of ether oxygens (including phenoxy) is 1. The Morgan fingerprint density at radius 1 is 1.24 bits per heavy atom. The number of anilines is 1. The fraction of sp³-hybridized carbons (Fsp3) is 0.429. The summed E-state index contributed by atoms with van der Waals surface area (Å²) in [5, 5.41) is 2.52. The van der Waals surface area contributed by atoms with E-state index in [9.17, 15) is 31.5 Å². The average molecular weight is 507 g/mol. The number of alkyl halides is 5. The molecule has 2 amide bonds. The minimum Gasteiger partial charge on any atom is -0.351 e. The molecule has 1 aromatic heterocycles. The maximum Gasteiger partial charge on any atom is 0.522 e. The summed E-state index contributed by atoms with van der Waals surface area (Å²) in [4.78, 5) is 34.5. The molecule has 34 heavy (non-hydrogen) atoms. The quantitative estimate of drug-likeness (QED) is 0.455. The molecule has 1 fully saturated rings. The van der Waals surface area contributed by atoms with Gasteiger partial charge in [0.05, 0.1) is 11.8 Å². The molecular weight excluding hydrogens is 487 g/mol. The molecule has 3 rings (SSSR count). The van der Waals surface area contributed by atoms with Gasteiger partial charge in [0.25, 0.3) is 17.4 Å². The summed E-state index contributed by atoms with van der Waals surface area (Å²) >= 11 is 5.41. The summed E-state index contributed by atoms with van der Waals surface area (Å²) in [7, 11) is 0. The van der Waals surface area contributed by atoms with Crippen molar-refractivity contribution in [3.8, 4) is 0 Å². The number of aromatic nitrogens is 2. The van der Waals surface area contributed by atoms with Crippen molar-refractivity contribution in [3.63, 3.8) is 0 Å². The number of carbonyl (C=O) groups excluding carboxylic acids is 2. The topological polar surface area (TPSA) is 84.4 Å². The van der Waals surface area contributed by atoms with Crippen molar-refractivity contribution in [2.75, 3.05) is 4.90 Å². The van der Waals surface area contributed by atoms with Crippen LogP contribution in [0.15, 0.2) is 36.9 Å². The van der Waals surface area contributed by atoms with Gasteiger partial charge < -0.3 is 5.32 Å². The van der Waals surface area contributed by atoms with Gasteiger partial charge in [0.1, 0.15) is 12.1 Å². The zero-order valence-electron chi connectivity index (χ0n) is 17.9. The fourth-order valence-electron chi connectivity index (χ4n) is 3.68. The second-order valence-electron chi connectivity index (χ2n) is 7.96. The third kappa shape index (κ3) is 5.44. The summed E-state index contributed by atoms with van der Waals surface area (Å²) in [6, 6.07) is 2.99. The molecule has 1 aliphatic rings. The zero-order chi connectivity index (χ0) is 25.3. The molecule has 2 atom stereocenters. The number of nitrogens with one attached hydrogen (secondary N) is 1. The van der Waals surface area contributed by atoms with Crippen molar-refractivity contribution >= 4 is 29.1 Å². The highest BCUT2D eigenvalue weighted by molar-refractivity contribution is 6.32. The van der Waals surface area contributed by atoms with Crippen molar-refractivity contribution in [2.24, 2.45) is 0 Å². The summed E-state index contributed by atoms with van der Waals surface area (Å²) in [5.74, 6) is -3.29. The number of hydrogen-bond acceptors (Lipinski definition) is 5. The number of rotatable bonds is 7. The Morgan fingerprint density at radius 3 is 2.38 bits per heavy atom. The predicted molar refractivity (Wildman–Crippen MR) is 111 cm³/mol. The van der Waals surface area contributed by atoms with Gasteiger partial charge in [-0.25, -0.2) is 18.7 Å². The highest BCUT2D eigenvalue weighted by atomic mass is 35.5. The molecule has 0 saturated heterocycles. The van der Waals surface area contributed by atoms with Crippen molar-refractivity contribution in [3.05, 3.63) is 53.9 Å². The molecule has 1 N–H and O–H groups in total. The monoisotopic (exact) mass is 506 g/mol. The van der Waals surface area contributed by atoms with Crippen LogP contribution in [0.3, 0.4) is 0 Å². The lowest BCUT2D eigenvalue weighted by Gasteiger charge is -2.43. The van der Waals surface area contributed by atoms with Crippen LogP contribution in [0, 0.1) is 12.7 Å². The van der Waals surface area contributed by atoms with Gasteiger partial charge in [-0.2, -0.15) is 0 Å². The summed E-state index contributed by atoms with van der Waals surface area (Å²) in [6.07, 6.45) is -2.78. The zero-order valence-corrected chi connectivity index (χ0v) is 18.7. The third-order valence-corrected chi connectivity index (χ3v) is 5.68. The number of carbonyl (C=O) groups is 2. The SMILES string of the molecule is Cc1ccc(N(C(=O)[C@H](F)Cl)[C@](C)(C(=O)NC2CC(OC(F)(F)F)C2)c2cncnc2)c(F)c1. The minimum atomic E-state index is -4.82. The molecule has 0 unspecified atom stereocenters. The van der Waals surface area contributed by atoms with Crippen LogP contribution in [0.2, 0.25) is 0 Å². The van der Waals surface area contributed by atoms with Crippen LogP contribution in [0.4, 0.5) is 27.6 Å². The van der Waals surface area contributed by atoms with E-state index in [0.29, 0.717) is 10.5 Å². The smallest absolute Gasteiger partial charge is 0.351 e. The molecule has 2 aromatic rings. The highest BCUT2D eigenvalue weighted by Gasteiger charge is 2.49. The van der Waals surface area contributed by atoms with Crippen LogP contribution in [-0.2, 0) is 19.9 Å². The predicted octanol–water partition coefficient (Wildman–Crippen LogP) is 3.89. The maximum atomic E-state index is 14.9. The molecule has 1 heterocycles. The molecule has 1 saturated carbocycles. The van der Waals surface area contributed by atoms with Crippen LogP contribution < -0.4 is 10.2 Å². The van der Waals surface area contributed by atoms with Crippen molar-refractivity contribution in [1.29, 1.82) is 0 Å². The van der Waals surface area contributed by atoms with Crippen LogP contribution in [0.1, 0.15) is 30.9 Å². The Labute approximate surface area is 196 Å². The van der Waals surface area contributed by atoms with Crippen molar-refractivity contribution < 1.29 is 36.3 Å². The standard InChI is InChI=1S/C21H20ClF5N4O3/c1-11-3-4-16(15(23)5-11)31(18(32)17(22)24)20(2,12-8-28-10-29-9-12)19(33)30-13-6-14(7-13)34-21(25,26)27/h3-5,8-10,13-14,17H,6-7H2,1-2H3,(H,30,33)/t13?,14?,17-,20-/m0/s1. The number of aryl methyl sites for hydroxylation is 1. The van der Waals surface area contributed by atoms with E-state index in [-0.39, 0.29) is 18.4 Å². The summed E-state index contributed by atoms with van der Waals surface area (Å²) < 4.78 is 70.1.